The zero-order valence-corrected chi connectivity index (χ0v) is 18.0. The summed E-state index contributed by atoms with van der Waals surface area (Å²) in [6.45, 7) is 8.65. The Morgan fingerprint density at radius 1 is 0.862 bits per heavy atom. The van der Waals surface area contributed by atoms with Crippen molar-refractivity contribution in [1.29, 1.82) is 21.6 Å². The molecular formula is C23H35N5O. The summed E-state index contributed by atoms with van der Waals surface area (Å²) in [6, 6.07) is 17.1. The molecule has 29 heavy (non-hydrogen) atoms. The second-order valence-electron chi connectivity index (χ2n) is 5.32. The zero-order chi connectivity index (χ0) is 22.7. The Morgan fingerprint density at radius 2 is 1.38 bits per heavy atom. The van der Waals surface area contributed by atoms with Crippen LogP contribution in [0.5, 0.6) is 0 Å². The van der Waals surface area contributed by atoms with E-state index in [9.17, 15) is 0 Å². The maximum absolute atomic E-state index is 8.26. The van der Waals surface area contributed by atoms with Crippen LogP contribution in [-0.2, 0) is 11.2 Å². The molecule has 0 fully saturated rings. The lowest BCUT2D eigenvalue weighted by molar-refractivity contribution is 0.293. The highest BCUT2D eigenvalue weighted by atomic mass is 16.5. The molecule has 0 saturated heterocycles. The second kappa shape index (κ2) is 18.3. The van der Waals surface area contributed by atoms with E-state index in [1.807, 2.05) is 68.4 Å². The minimum atomic E-state index is 0.227. The van der Waals surface area contributed by atoms with Crippen LogP contribution in [0.25, 0.3) is 0 Å². The number of nitrogens with two attached hydrogens (primary N) is 1. The minimum Gasteiger partial charge on any atom is -0.481 e. The van der Waals surface area contributed by atoms with Crippen LogP contribution < -0.4 is 5.73 Å². The fourth-order valence-electron chi connectivity index (χ4n) is 2.28. The molecule has 0 radical (unpaired) electrons. The molecule has 0 heterocycles. The molecular weight excluding hydrogens is 362 g/mol. The molecule has 2 aromatic rings. The lowest BCUT2D eigenvalue weighted by Crippen LogP contribution is -2.14. The van der Waals surface area contributed by atoms with E-state index in [1.165, 1.54) is 7.05 Å². The standard InChI is InChI=1S/C19H21N3O.C2H6.CH5N.CH3N/c1-14(20)23-12-6-8-15-7-5-11-17(13-15)19(22)18(21)16-9-3-2-4-10-16;3*1-2/h2-5,7,9-11,13,20-22H,6,8,12H2,1H3;1-2H3;2H2,1H3;2H,1H2. The van der Waals surface area contributed by atoms with Gasteiger partial charge in [0.1, 0.15) is 0 Å². The number of rotatable bonds is 7. The molecule has 6 heteroatoms. The van der Waals surface area contributed by atoms with E-state index < -0.39 is 0 Å². The van der Waals surface area contributed by atoms with Crippen molar-refractivity contribution in [3.8, 4) is 0 Å². The quantitative estimate of drug-likeness (QED) is 0.257. The van der Waals surface area contributed by atoms with Gasteiger partial charge in [0.05, 0.1) is 18.0 Å². The fourth-order valence-corrected chi connectivity index (χ4v) is 2.28. The van der Waals surface area contributed by atoms with E-state index in [2.05, 4.69) is 12.5 Å². The van der Waals surface area contributed by atoms with Crippen LogP contribution in [-0.4, -0.2) is 37.7 Å². The van der Waals surface area contributed by atoms with Crippen molar-refractivity contribution < 1.29 is 4.74 Å². The van der Waals surface area contributed by atoms with Gasteiger partial charge in [-0.2, -0.15) is 0 Å². The zero-order valence-electron chi connectivity index (χ0n) is 18.0. The van der Waals surface area contributed by atoms with Crippen LogP contribution in [0.1, 0.15) is 43.9 Å². The highest BCUT2D eigenvalue weighted by Crippen LogP contribution is 2.12. The third kappa shape index (κ3) is 11.3. The predicted octanol–water partition coefficient (Wildman–Crippen LogP) is 4.94. The number of hydrogen-bond donors (Lipinski definition) is 5. The first kappa shape index (κ1) is 28.1. The van der Waals surface area contributed by atoms with Crippen molar-refractivity contribution in [2.24, 2.45) is 5.73 Å². The van der Waals surface area contributed by atoms with Gasteiger partial charge in [0.2, 0.25) is 0 Å². The first-order valence-corrected chi connectivity index (χ1v) is 9.51. The van der Waals surface area contributed by atoms with Gasteiger partial charge in [0.15, 0.2) is 5.90 Å². The molecule has 0 aromatic heterocycles. The second-order valence-corrected chi connectivity index (χ2v) is 5.32. The lowest BCUT2D eigenvalue weighted by atomic mass is 9.97. The molecule has 0 saturated carbocycles. The van der Waals surface area contributed by atoms with E-state index in [0.29, 0.717) is 6.61 Å². The van der Waals surface area contributed by atoms with Gasteiger partial charge in [-0.05, 0) is 38.2 Å². The summed E-state index contributed by atoms with van der Waals surface area (Å²) in [5, 5.41) is 29.2. The first-order chi connectivity index (χ1) is 14.1. The summed E-state index contributed by atoms with van der Waals surface area (Å²) < 4.78 is 5.14. The van der Waals surface area contributed by atoms with Crippen molar-refractivity contribution >= 4 is 24.0 Å². The highest BCUT2D eigenvalue weighted by Gasteiger charge is 2.10. The molecule has 6 N–H and O–H groups in total. The molecule has 0 aliphatic heterocycles. The Bertz CT molecular complexity index is 729. The van der Waals surface area contributed by atoms with Crippen molar-refractivity contribution in [2.75, 3.05) is 13.7 Å². The number of aryl methyl sites for hydroxylation is 1. The van der Waals surface area contributed by atoms with Gasteiger partial charge in [0.25, 0.3) is 0 Å². The third-order valence-corrected chi connectivity index (χ3v) is 3.46. The van der Waals surface area contributed by atoms with Gasteiger partial charge < -0.3 is 15.9 Å². The number of nitrogens with one attached hydrogen (secondary N) is 4. The van der Waals surface area contributed by atoms with Crippen molar-refractivity contribution in [3.05, 3.63) is 71.3 Å². The SMILES string of the molecule is C=N.CC.CC(=N)OCCCc1cccc(C(=N)C(=N)c2ccccc2)c1.CN. The number of ether oxygens (including phenoxy) is 1. The van der Waals surface area contributed by atoms with Gasteiger partial charge in [-0.15, -0.1) is 0 Å². The molecule has 0 spiro atoms. The van der Waals surface area contributed by atoms with Crippen LogP contribution in [0.2, 0.25) is 0 Å². The molecule has 2 rings (SSSR count). The Labute approximate surface area is 175 Å². The third-order valence-electron chi connectivity index (χ3n) is 3.46. The molecule has 158 valence electrons. The monoisotopic (exact) mass is 397 g/mol. The van der Waals surface area contributed by atoms with Crippen LogP contribution in [0.3, 0.4) is 0 Å². The topological polar surface area (TPSA) is 131 Å². The molecule has 2 aromatic carbocycles. The minimum absolute atomic E-state index is 0.227. The summed E-state index contributed by atoms with van der Waals surface area (Å²) in [5.41, 5.74) is 7.56. The van der Waals surface area contributed by atoms with E-state index in [4.69, 9.17) is 26.4 Å². The van der Waals surface area contributed by atoms with Crippen molar-refractivity contribution in [1.82, 2.24) is 0 Å². The Kier molecular flexibility index (Phi) is 17.7. The molecule has 0 atom stereocenters. The van der Waals surface area contributed by atoms with Gasteiger partial charge in [-0.1, -0.05) is 62.4 Å². The van der Waals surface area contributed by atoms with E-state index in [1.54, 1.807) is 6.92 Å². The predicted molar refractivity (Wildman–Crippen MR) is 126 cm³/mol. The Morgan fingerprint density at radius 3 is 1.93 bits per heavy atom. The number of benzene rings is 2. The summed E-state index contributed by atoms with van der Waals surface area (Å²) in [4.78, 5) is 0. The number of hydrogen-bond acceptors (Lipinski definition) is 6. The van der Waals surface area contributed by atoms with Crippen LogP contribution >= 0.6 is 0 Å². The fraction of sp³-hybridized carbons (Fsp3) is 0.304. The van der Waals surface area contributed by atoms with Gasteiger partial charge in [-0.3, -0.25) is 16.2 Å². The van der Waals surface area contributed by atoms with Crippen molar-refractivity contribution in [3.63, 3.8) is 0 Å². The van der Waals surface area contributed by atoms with Gasteiger partial charge in [0, 0.05) is 18.1 Å². The first-order valence-electron chi connectivity index (χ1n) is 9.51. The van der Waals surface area contributed by atoms with E-state index >= 15 is 0 Å². The van der Waals surface area contributed by atoms with E-state index in [-0.39, 0.29) is 17.3 Å². The van der Waals surface area contributed by atoms with Crippen LogP contribution in [0.15, 0.2) is 54.6 Å². The summed E-state index contributed by atoms with van der Waals surface area (Å²) >= 11 is 0. The smallest absolute Gasteiger partial charge is 0.177 e. The Hall–Kier alpha value is -3.12. The maximum atomic E-state index is 8.26. The molecule has 0 aliphatic carbocycles. The Balaban J connectivity index is 0. The molecule has 0 unspecified atom stereocenters. The highest BCUT2D eigenvalue weighted by molar-refractivity contribution is 6.51. The van der Waals surface area contributed by atoms with E-state index in [0.717, 1.165) is 29.5 Å². The largest absolute Gasteiger partial charge is 0.481 e. The van der Waals surface area contributed by atoms with Crippen molar-refractivity contribution in [2.45, 2.75) is 33.6 Å². The summed E-state index contributed by atoms with van der Waals surface area (Å²) in [5.74, 6) is 0.233. The molecule has 0 bridgehead atoms. The average Bonchev–Trinajstić information content (AvgIpc) is 2.80. The maximum Gasteiger partial charge on any atom is 0.177 e. The summed E-state index contributed by atoms with van der Waals surface area (Å²) in [6.07, 6.45) is 1.65. The summed E-state index contributed by atoms with van der Waals surface area (Å²) in [7, 11) is 1.50. The van der Waals surface area contributed by atoms with Gasteiger partial charge in [-0.25, -0.2) is 0 Å². The van der Waals surface area contributed by atoms with Crippen LogP contribution in [0, 0.1) is 21.6 Å². The van der Waals surface area contributed by atoms with Gasteiger partial charge >= 0.3 is 0 Å². The normalized spacial score (nSPS) is 8.59. The molecule has 0 amide bonds. The average molecular weight is 398 g/mol. The van der Waals surface area contributed by atoms with Crippen LogP contribution in [0.4, 0.5) is 0 Å². The molecule has 0 aliphatic rings. The lowest BCUT2D eigenvalue weighted by Gasteiger charge is -2.09. The molecule has 6 nitrogen and oxygen atoms in total.